The minimum Gasteiger partial charge on any atom is -0.329 e. The third-order valence-electron chi connectivity index (χ3n) is 1.93. The Morgan fingerprint density at radius 1 is 1.10 bits per heavy atom. The van der Waals surface area contributed by atoms with Crippen LogP contribution in [0.1, 0.15) is 26.7 Å². The van der Waals surface area contributed by atoms with Crippen molar-refractivity contribution in [3.63, 3.8) is 0 Å². The Morgan fingerprint density at radius 2 is 1.40 bits per heavy atom. The van der Waals surface area contributed by atoms with E-state index in [-0.39, 0.29) is 17.7 Å². The van der Waals surface area contributed by atoms with Crippen molar-refractivity contribution in [1.82, 2.24) is 0 Å². The SMILES string of the molecule is [B]C(CC)C(N)C([B])CC. The first-order valence-electron chi connectivity index (χ1n) is 3.90. The fraction of sp³-hybridized carbons (Fsp3) is 1.00. The summed E-state index contributed by atoms with van der Waals surface area (Å²) in [6.07, 6.45) is 1.80. The molecule has 0 amide bonds. The molecule has 2 unspecified atom stereocenters. The van der Waals surface area contributed by atoms with Gasteiger partial charge in [-0.1, -0.05) is 38.3 Å². The Morgan fingerprint density at radius 3 is 1.60 bits per heavy atom. The molecule has 0 saturated heterocycles. The smallest absolute Gasteiger partial charge is 0.0720 e. The summed E-state index contributed by atoms with van der Waals surface area (Å²) in [7, 11) is 11.4. The van der Waals surface area contributed by atoms with E-state index in [0.29, 0.717) is 0 Å². The highest BCUT2D eigenvalue weighted by Crippen LogP contribution is 2.20. The third kappa shape index (κ3) is 2.78. The molecule has 4 radical (unpaired) electrons. The summed E-state index contributed by atoms with van der Waals surface area (Å²) in [6, 6.07) is -0.0463. The van der Waals surface area contributed by atoms with Crippen LogP contribution in [0.5, 0.6) is 0 Å². The first-order chi connectivity index (χ1) is 4.63. The molecule has 54 valence electrons. The van der Waals surface area contributed by atoms with Crippen LogP contribution >= 0.6 is 0 Å². The van der Waals surface area contributed by atoms with Crippen LogP contribution in [-0.2, 0) is 0 Å². The minimum atomic E-state index is -0.0463. The number of nitrogens with two attached hydrogens (primary N) is 1. The molecular weight excluding hydrogens is 120 g/mol. The summed E-state index contributed by atoms with van der Waals surface area (Å²) in [5, 5.41) is 0. The summed E-state index contributed by atoms with van der Waals surface area (Å²) < 4.78 is 0. The lowest BCUT2D eigenvalue weighted by Crippen LogP contribution is -2.30. The van der Waals surface area contributed by atoms with Crippen LogP contribution in [0.4, 0.5) is 0 Å². The molecule has 3 heteroatoms. The van der Waals surface area contributed by atoms with E-state index in [9.17, 15) is 0 Å². The number of hydrogen-bond acceptors (Lipinski definition) is 1. The van der Waals surface area contributed by atoms with Gasteiger partial charge >= 0.3 is 0 Å². The molecule has 0 spiro atoms. The predicted octanol–water partition coefficient (Wildman–Crippen LogP) is 1.05. The molecular formula is C7H15B2N. The first-order valence-corrected chi connectivity index (χ1v) is 3.90. The summed E-state index contributed by atoms with van der Waals surface area (Å²) in [5.41, 5.74) is 5.73. The molecule has 0 aromatic rings. The van der Waals surface area contributed by atoms with Gasteiger partial charge in [-0.25, -0.2) is 0 Å². The van der Waals surface area contributed by atoms with Gasteiger partial charge in [-0.3, -0.25) is 0 Å². The molecule has 10 heavy (non-hydrogen) atoms. The molecule has 0 heterocycles. The van der Waals surface area contributed by atoms with Gasteiger partial charge in [-0.05, 0) is 6.04 Å². The lowest BCUT2D eigenvalue weighted by atomic mass is 9.67. The molecule has 2 atom stereocenters. The van der Waals surface area contributed by atoms with Gasteiger partial charge in [0.05, 0.1) is 15.7 Å². The summed E-state index contributed by atoms with van der Waals surface area (Å²) >= 11 is 0. The molecule has 0 fully saturated rings. The van der Waals surface area contributed by atoms with E-state index in [0.717, 1.165) is 12.8 Å². The molecule has 0 aromatic carbocycles. The molecule has 0 rings (SSSR count). The van der Waals surface area contributed by atoms with E-state index < -0.39 is 0 Å². The zero-order valence-corrected chi connectivity index (χ0v) is 6.88. The van der Waals surface area contributed by atoms with Gasteiger partial charge in [0, 0.05) is 0 Å². The lowest BCUT2D eigenvalue weighted by molar-refractivity contribution is 0.553. The van der Waals surface area contributed by atoms with Gasteiger partial charge in [0.1, 0.15) is 0 Å². The maximum atomic E-state index is 5.73. The van der Waals surface area contributed by atoms with Crippen LogP contribution in [0.15, 0.2) is 0 Å². The van der Waals surface area contributed by atoms with Gasteiger partial charge in [0.25, 0.3) is 0 Å². The molecule has 0 aromatic heterocycles. The molecule has 0 bridgehead atoms. The van der Waals surface area contributed by atoms with E-state index >= 15 is 0 Å². The first kappa shape index (κ1) is 10.1. The van der Waals surface area contributed by atoms with Crippen LogP contribution in [0.3, 0.4) is 0 Å². The fourth-order valence-electron chi connectivity index (χ4n) is 0.862. The van der Waals surface area contributed by atoms with E-state index in [2.05, 4.69) is 0 Å². The fourth-order valence-corrected chi connectivity index (χ4v) is 0.862. The maximum absolute atomic E-state index is 5.73. The normalized spacial score (nSPS) is 19.9. The van der Waals surface area contributed by atoms with Crippen LogP contribution < -0.4 is 5.73 Å². The van der Waals surface area contributed by atoms with Gasteiger partial charge in [-0.2, -0.15) is 0 Å². The summed E-state index contributed by atoms with van der Waals surface area (Å²) in [4.78, 5) is 0. The second-order valence-corrected chi connectivity index (χ2v) is 2.72. The monoisotopic (exact) mass is 135 g/mol. The van der Waals surface area contributed by atoms with Crippen LogP contribution in [0, 0.1) is 0 Å². The Balaban J connectivity index is 3.69. The third-order valence-corrected chi connectivity index (χ3v) is 1.93. The van der Waals surface area contributed by atoms with Crippen LogP contribution in [0.25, 0.3) is 0 Å². The highest BCUT2D eigenvalue weighted by Gasteiger charge is 2.15. The zero-order valence-electron chi connectivity index (χ0n) is 6.88. The van der Waals surface area contributed by atoms with E-state index in [1.54, 1.807) is 0 Å². The second-order valence-electron chi connectivity index (χ2n) is 2.72. The molecule has 1 nitrogen and oxygen atoms in total. The zero-order chi connectivity index (χ0) is 8.15. The summed E-state index contributed by atoms with van der Waals surface area (Å²) in [6.45, 7) is 4.04. The van der Waals surface area contributed by atoms with Gasteiger partial charge in [-0.15, -0.1) is 0 Å². The van der Waals surface area contributed by atoms with Crippen molar-refractivity contribution < 1.29 is 0 Å². The Kier molecular flexibility index (Phi) is 4.88. The Bertz CT molecular complexity index is 77.7. The highest BCUT2D eigenvalue weighted by atomic mass is 14.6. The average molecular weight is 135 g/mol. The molecule has 2 N–H and O–H groups in total. The Labute approximate surface area is 66.6 Å². The number of hydrogen-bond donors (Lipinski definition) is 1. The van der Waals surface area contributed by atoms with E-state index in [4.69, 9.17) is 21.4 Å². The van der Waals surface area contributed by atoms with Crippen molar-refractivity contribution in [3.05, 3.63) is 0 Å². The van der Waals surface area contributed by atoms with Crippen LogP contribution in [0.2, 0.25) is 11.6 Å². The topological polar surface area (TPSA) is 26.0 Å². The maximum Gasteiger partial charge on any atom is 0.0720 e. The van der Waals surface area contributed by atoms with E-state index in [1.807, 2.05) is 13.8 Å². The summed E-state index contributed by atoms with van der Waals surface area (Å²) in [5.74, 6) is 0.102. The van der Waals surface area contributed by atoms with Crippen molar-refractivity contribution in [2.24, 2.45) is 5.73 Å². The molecule has 0 aliphatic heterocycles. The predicted molar refractivity (Wildman–Crippen MR) is 47.6 cm³/mol. The molecule has 0 aliphatic rings. The molecule has 0 saturated carbocycles. The van der Waals surface area contributed by atoms with Crippen molar-refractivity contribution in [3.8, 4) is 0 Å². The molecule has 0 aliphatic carbocycles. The second kappa shape index (κ2) is 4.84. The van der Waals surface area contributed by atoms with Crippen molar-refractivity contribution in [1.29, 1.82) is 0 Å². The Hall–Kier alpha value is 0.0899. The lowest BCUT2D eigenvalue weighted by Gasteiger charge is -2.24. The van der Waals surface area contributed by atoms with Gasteiger partial charge in [0.15, 0.2) is 0 Å². The van der Waals surface area contributed by atoms with Crippen molar-refractivity contribution in [2.75, 3.05) is 0 Å². The van der Waals surface area contributed by atoms with Crippen molar-refractivity contribution >= 4 is 15.7 Å². The highest BCUT2D eigenvalue weighted by molar-refractivity contribution is 6.15. The standard InChI is InChI=1S/C7H15B2N/c1-3-5(8)7(10)6(9)4-2/h5-7H,3-4,10H2,1-2H3. The van der Waals surface area contributed by atoms with E-state index in [1.165, 1.54) is 0 Å². The van der Waals surface area contributed by atoms with Gasteiger partial charge < -0.3 is 5.73 Å². The van der Waals surface area contributed by atoms with Gasteiger partial charge in [0.2, 0.25) is 0 Å². The van der Waals surface area contributed by atoms with Crippen LogP contribution in [-0.4, -0.2) is 21.7 Å². The largest absolute Gasteiger partial charge is 0.329 e. The number of rotatable bonds is 4. The minimum absolute atomic E-state index is 0.0463. The quantitative estimate of drug-likeness (QED) is 0.572. The van der Waals surface area contributed by atoms with Crippen molar-refractivity contribution in [2.45, 2.75) is 44.4 Å². The average Bonchev–Trinajstić information content (AvgIpc) is 2.00.